The van der Waals surface area contributed by atoms with Gasteiger partial charge in [-0.1, -0.05) is 42.5 Å². The maximum atomic E-state index is 12.4. The molecule has 0 saturated heterocycles. The lowest BCUT2D eigenvalue weighted by Gasteiger charge is -2.12. The van der Waals surface area contributed by atoms with Gasteiger partial charge in [-0.15, -0.1) is 0 Å². The molecule has 25 heavy (non-hydrogen) atoms. The van der Waals surface area contributed by atoms with Crippen molar-refractivity contribution in [3.05, 3.63) is 72.1 Å². The summed E-state index contributed by atoms with van der Waals surface area (Å²) in [4.78, 5) is 12.4. The Hall–Kier alpha value is -3.01. The smallest absolute Gasteiger partial charge is 0.355 e. The number of carbonyl (C=O) groups is 1. The predicted molar refractivity (Wildman–Crippen MR) is 99.9 cm³/mol. The number of esters is 1. The molecule has 4 aromatic rings. The van der Waals surface area contributed by atoms with Gasteiger partial charge in [-0.05, 0) is 35.4 Å². The van der Waals surface area contributed by atoms with Crippen molar-refractivity contribution in [2.24, 2.45) is 7.05 Å². The van der Waals surface area contributed by atoms with Crippen molar-refractivity contribution in [3.8, 4) is 0 Å². The Morgan fingerprint density at radius 1 is 1.04 bits per heavy atom. The number of aryl methyl sites for hydroxylation is 1. The lowest BCUT2D eigenvalue weighted by atomic mass is 10.0. The number of carbonyl (C=O) groups excluding carboxylic acids is 1. The van der Waals surface area contributed by atoms with Crippen molar-refractivity contribution in [2.45, 2.75) is 13.5 Å². The van der Waals surface area contributed by atoms with Crippen LogP contribution in [0.5, 0.6) is 0 Å². The Balaban J connectivity index is 1.87. The molecule has 0 aliphatic rings. The van der Waals surface area contributed by atoms with E-state index in [9.17, 15) is 4.79 Å². The molecule has 0 saturated carbocycles. The quantitative estimate of drug-likeness (QED) is 0.521. The average molecular weight is 332 g/mol. The summed E-state index contributed by atoms with van der Waals surface area (Å²) >= 11 is 0. The first kappa shape index (κ1) is 15.5. The third-order valence-corrected chi connectivity index (χ3v) is 4.65. The zero-order chi connectivity index (χ0) is 17.4. The van der Waals surface area contributed by atoms with Gasteiger partial charge in [0.15, 0.2) is 0 Å². The molecule has 0 atom stereocenters. The van der Waals surface area contributed by atoms with Crippen molar-refractivity contribution in [1.29, 1.82) is 0 Å². The molecule has 0 fully saturated rings. The van der Waals surface area contributed by atoms with E-state index in [4.69, 9.17) is 4.74 Å². The molecular formula is C21H20N2O2. The number of hydrogen-bond acceptors (Lipinski definition) is 2. The van der Waals surface area contributed by atoms with Crippen molar-refractivity contribution < 1.29 is 9.53 Å². The van der Waals surface area contributed by atoms with Crippen molar-refractivity contribution in [3.63, 3.8) is 0 Å². The maximum absolute atomic E-state index is 12.4. The van der Waals surface area contributed by atoms with Gasteiger partial charge in [-0.3, -0.25) is 0 Å². The third-order valence-electron chi connectivity index (χ3n) is 4.65. The number of rotatable bonds is 4. The molecule has 0 N–H and O–H groups in total. The van der Waals surface area contributed by atoms with Crippen LogP contribution in [0.25, 0.3) is 21.8 Å². The van der Waals surface area contributed by atoms with E-state index in [2.05, 4.69) is 34.9 Å². The molecule has 2 aromatic carbocycles. The minimum absolute atomic E-state index is 0.279. The largest absolute Gasteiger partial charge is 0.461 e. The molecule has 2 aromatic heterocycles. The summed E-state index contributed by atoms with van der Waals surface area (Å²) in [6.45, 7) is 2.83. The summed E-state index contributed by atoms with van der Waals surface area (Å²) in [6.07, 6.45) is 2.01. The van der Waals surface area contributed by atoms with Crippen molar-refractivity contribution >= 4 is 27.8 Å². The van der Waals surface area contributed by atoms with Crippen LogP contribution in [-0.2, 0) is 18.3 Å². The fraction of sp³-hybridized carbons (Fsp3) is 0.190. The second-order valence-electron chi connectivity index (χ2n) is 6.17. The van der Waals surface area contributed by atoms with Gasteiger partial charge >= 0.3 is 5.97 Å². The highest BCUT2D eigenvalue weighted by molar-refractivity contribution is 5.95. The van der Waals surface area contributed by atoms with E-state index >= 15 is 0 Å². The topological polar surface area (TPSA) is 36.2 Å². The monoisotopic (exact) mass is 332 g/mol. The summed E-state index contributed by atoms with van der Waals surface area (Å²) in [5, 5.41) is 2.41. The maximum Gasteiger partial charge on any atom is 0.355 e. The number of aromatic nitrogens is 2. The Morgan fingerprint density at radius 3 is 2.68 bits per heavy atom. The van der Waals surface area contributed by atoms with Crippen LogP contribution >= 0.6 is 0 Å². The molecule has 4 nitrogen and oxygen atoms in total. The van der Waals surface area contributed by atoms with E-state index in [1.54, 1.807) is 0 Å². The highest BCUT2D eigenvalue weighted by Gasteiger charge is 2.19. The average Bonchev–Trinajstić information content (AvgIpc) is 3.16. The first-order chi connectivity index (χ1) is 12.2. The summed E-state index contributed by atoms with van der Waals surface area (Å²) in [5.41, 5.74) is 3.85. The highest BCUT2D eigenvalue weighted by atomic mass is 16.5. The first-order valence-electron chi connectivity index (χ1n) is 8.47. The van der Waals surface area contributed by atoms with Gasteiger partial charge in [0.25, 0.3) is 0 Å². The van der Waals surface area contributed by atoms with E-state index in [0.717, 1.165) is 11.0 Å². The first-order valence-corrected chi connectivity index (χ1v) is 8.47. The standard InChI is InChI=1S/C21H20N2O2/c1-3-25-21(24)20-13-19-18(11-12-22(19)2)23(20)14-16-9-6-8-15-7-4-5-10-17(15)16/h4-13H,3,14H2,1-2H3. The lowest BCUT2D eigenvalue weighted by Crippen LogP contribution is -2.13. The molecule has 4 rings (SSSR count). The van der Waals surface area contributed by atoms with Crippen LogP contribution in [0, 0.1) is 0 Å². The number of nitrogens with zero attached hydrogens (tertiary/aromatic N) is 2. The van der Waals surface area contributed by atoms with Crippen molar-refractivity contribution in [2.75, 3.05) is 6.61 Å². The molecule has 0 aliphatic heterocycles. The summed E-state index contributed by atoms with van der Waals surface area (Å²) in [7, 11) is 1.99. The second-order valence-corrected chi connectivity index (χ2v) is 6.17. The Kier molecular flexibility index (Phi) is 3.80. The minimum atomic E-state index is -0.279. The van der Waals surface area contributed by atoms with E-state index < -0.39 is 0 Å². The van der Waals surface area contributed by atoms with Gasteiger partial charge in [0, 0.05) is 19.8 Å². The van der Waals surface area contributed by atoms with Crippen molar-refractivity contribution in [1.82, 2.24) is 9.13 Å². The summed E-state index contributed by atoms with van der Waals surface area (Å²) in [6, 6.07) is 18.6. The number of ether oxygens (including phenoxy) is 1. The summed E-state index contributed by atoms with van der Waals surface area (Å²) < 4.78 is 9.34. The second kappa shape index (κ2) is 6.13. The van der Waals surface area contributed by atoms with Crippen LogP contribution in [0.4, 0.5) is 0 Å². The number of hydrogen-bond donors (Lipinski definition) is 0. The predicted octanol–water partition coefficient (Wildman–Crippen LogP) is 4.36. The molecule has 0 amide bonds. The molecule has 0 unspecified atom stereocenters. The molecule has 2 heterocycles. The molecule has 126 valence electrons. The van der Waals surface area contributed by atoms with Crippen LogP contribution in [0.15, 0.2) is 60.8 Å². The SMILES string of the molecule is CCOC(=O)c1cc2c(ccn2C)n1Cc1cccc2ccccc12. The summed E-state index contributed by atoms with van der Waals surface area (Å²) in [5.74, 6) is -0.279. The van der Waals surface area contributed by atoms with Gasteiger partial charge in [-0.2, -0.15) is 0 Å². The van der Waals surface area contributed by atoms with Gasteiger partial charge in [0.2, 0.25) is 0 Å². The molecule has 0 bridgehead atoms. The fourth-order valence-electron chi connectivity index (χ4n) is 3.42. The van der Waals surface area contributed by atoms with Crippen LogP contribution in [0.1, 0.15) is 23.0 Å². The Bertz CT molecular complexity index is 1070. The third kappa shape index (κ3) is 2.60. The highest BCUT2D eigenvalue weighted by Crippen LogP contribution is 2.25. The van der Waals surface area contributed by atoms with Gasteiger partial charge in [0.05, 0.1) is 17.6 Å². The van der Waals surface area contributed by atoms with E-state index in [1.807, 2.05) is 49.0 Å². The molecule has 0 aliphatic carbocycles. The molecule has 0 spiro atoms. The normalized spacial score (nSPS) is 11.3. The van der Waals surface area contributed by atoms with Crippen LogP contribution in [-0.4, -0.2) is 21.7 Å². The van der Waals surface area contributed by atoms with Gasteiger partial charge in [0.1, 0.15) is 5.69 Å². The fourth-order valence-corrected chi connectivity index (χ4v) is 3.42. The zero-order valence-corrected chi connectivity index (χ0v) is 14.4. The van der Waals surface area contributed by atoms with Crippen LogP contribution in [0.2, 0.25) is 0 Å². The number of fused-ring (bicyclic) bond motifs is 2. The minimum Gasteiger partial charge on any atom is -0.461 e. The van der Waals surface area contributed by atoms with Gasteiger partial charge in [-0.25, -0.2) is 4.79 Å². The Morgan fingerprint density at radius 2 is 1.84 bits per heavy atom. The van der Waals surface area contributed by atoms with E-state index in [1.165, 1.54) is 16.3 Å². The van der Waals surface area contributed by atoms with Crippen LogP contribution < -0.4 is 0 Å². The molecular weight excluding hydrogens is 312 g/mol. The van der Waals surface area contributed by atoms with Crippen LogP contribution in [0.3, 0.4) is 0 Å². The van der Waals surface area contributed by atoms with E-state index in [0.29, 0.717) is 18.8 Å². The van der Waals surface area contributed by atoms with Gasteiger partial charge < -0.3 is 13.9 Å². The molecule has 4 heteroatoms. The number of benzene rings is 2. The molecule has 0 radical (unpaired) electrons. The van der Waals surface area contributed by atoms with E-state index in [-0.39, 0.29) is 5.97 Å². The Labute approximate surface area is 146 Å². The zero-order valence-electron chi connectivity index (χ0n) is 14.4. The lowest BCUT2D eigenvalue weighted by molar-refractivity contribution is 0.0515.